The SMILES string of the molecule is CN1N=CN2C1=Cn1c(cc3c(Cl)cc(Cl)cc31)-c1ccccc12. The molecule has 2 aromatic carbocycles. The fourth-order valence-corrected chi connectivity index (χ4v) is 3.88. The highest BCUT2D eigenvalue weighted by Gasteiger charge is 2.27. The van der Waals surface area contributed by atoms with Gasteiger partial charge in [0, 0.05) is 23.0 Å². The van der Waals surface area contributed by atoms with Crippen LogP contribution in [0.2, 0.25) is 10.0 Å². The number of anilines is 1. The van der Waals surface area contributed by atoms with Crippen LogP contribution in [-0.2, 0) is 0 Å². The van der Waals surface area contributed by atoms with E-state index >= 15 is 0 Å². The Balaban J connectivity index is 1.94. The molecule has 0 saturated heterocycles. The van der Waals surface area contributed by atoms with Crippen molar-refractivity contribution in [2.75, 3.05) is 11.9 Å². The molecule has 0 bridgehead atoms. The molecule has 3 aromatic rings. The number of fused-ring (bicyclic) bond motifs is 7. The summed E-state index contributed by atoms with van der Waals surface area (Å²) in [5.41, 5.74) is 4.26. The monoisotopic (exact) mass is 354 g/mol. The number of hydrogen-bond donors (Lipinski definition) is 0. The number of rotatable bonds is 0. The molecule has 6 heteroatoms. The van der Waals surface area contributed by atoms with Gasteiger partial charge >= 0.3 is 0 Å². The summed E-state index contributed by atoms with van der Waals surface area (Å²) in [4.78, 5) is 2.08. The molecule has 0 fully saturated rings. The summed E-state index contributed by atoms with van der Waals surface area (Å²) >= 11 is 12.7. The first-order valence-electron chi connectivity index (χ1n) is 7.52. The molecule has 0 atom stereocenters. The number of benzene rings is 2. The lowest BCUT2D eigenvalue weighted by atomic mass is 10.1. The van der Waals surface area contributed by atoms with Crippen molar-refractivity contribution in [1.82, 2.24) is 9.58 Å². The maximum Gasteiger partial charge on any atom is 0.151 e. The second-order valence-electron chi connectivity index (χ2n) is 5.85. The summed E-state index contributed by atoms with van der Waals surface area (Å²) in [7, 11) is 1.93. The predicted octanol–water partition coefficient (Wildman–Crippen LogP) is 5.08. The zero-order chi connectivity index (χ0) is 16.4. The highest BCUT2D eigenvalue weighted by Crippen LogP contribution is 2.42. The lowest BCUT2D eigenvalue weighted by Gasteiger charge is -2.19. The molecule has 0 amide bonds. The van der Waals surface area contributed by atoms with Crippen LogP contribution in [0, 0.1) is 0 Å². The van der Waals surface area contributed by atoms with E-state index in [-0.39, 0.29) is 0 Å². The number of para-hydroxylation sites is 1. The Labute approximate surface area is 148 Å². The van der Waals surface area contributed by atoms with Gasteiger partial charge in [-0.05, 0) is 24.3 Å². The van der Waals surface area contributed by atoms with Gasteiger partial charge in [0.2, 0.25) is 0 Å². The van der Waals surface area contributed by atoms with Crippen molar-refractivity contribution < 1.29 is 0 Å². The Morgan fingerprint density at radius 2 is 1.88 bits per heavy atom. The smallest absolute Gasteiger partial charge is 0.151 e. The highest BCUT2D eigenvalue weighted by atomic mass is 35.5. The quantitative estimate of drug-likeness (QED) is 0.562. The number of aromatic nitrogens is 1. The average Bonchev–Trinajstić information content (AvgIpc) is 3.06. The molecule has 0 N–H and O–H groups in total. The molecule has 0 radical (unpaired) electrons. The normalized spacial score (nSPS) is 15.2. The minimum Gasteiger partial charge on any atom is -0.312 e. The van der Waals surface area contributed by atoms with Gasteiger partial charge in [-0.1, -0.05) is 41.4 Å². The lowest BCUT2D eigenvalue weighted by molar-refractivity contribution is 0.468. The molecule has 3 heterocycles. The molecule has 2 aliphatic rings. The van der Waals surface area contributed by atoms with E-state index < -0.39 is 0 Å². The standard InChI is InChI=1S/C18H12Cl2N4/c1-22-18-9-23-16-7-11(19)6-14(20)13(16)8-17(23)12-4-2-3-5-15(12)24(18)10-21-22/h2-10H,1H3. The molecule has 0 saturated carbocycles. The summed E-state index contributed by atoms with van der Waals surface area (Å²) < 4.78 is 2.13. The van der Waals surface area contributed by atoms with Gasteiger partial charge in [0.05, 0.1) is 28.1 Å². The van der Waals surface area contributed by atoms with Crippen LogP contribution in [0.15, 0.2) is 53.4 Å². The molecule has 0 spiro atoms. The molecule has 0 unspecified atom stereocenters. The number of nitrogens with zero attached hydrogens (tertiary/aromatic N) is 4. The zero-order valence-electron chi connectivity index (χ0n) is 12.7. The summed E-state index contributed by atoms with van der Waals surface area (Å²) in [6, 6.07) is 14.1. The van der Waals surface area contributed by atoms with E-state index in [1.165, 1.54) is 0 Å². The van der Waals surface area contributed by atoms with Crippen molar-refractivity contribution in [2.45, 2.75) is 0 Å². The lowest BCUT2D eigenvalue weighted by Crippen LogP contribution is -2.21. The van der Waals surface area contributed by atoms with Gasteiger partial charge in [-0.25, -0.2) is 5.01 Å². The third kappa shape index (κ3) is 1.78. The van der Waals surface area contributed by atoms with Gasteiger partial charge in [0.25, 0.3) is 0 Å². The first kappa shape index (κ1) is 14.0. The van der Waals surface area contributed by atoms with Crippen LogP contribution in [0.1, 0.15) is 0 Å². The van der Waals surface area contributed by atoms with Crippen LogP contribution >= 0.6 is 23.2 Å². The Kier molecular flexibility index (Phi) is 2.78. The highest BCUT2D eigenvalue weighted by molar-refractivity contribution is 6.38. The van der Waals surface area contributed by atoms with Gasteiger partial charge < -0.3 is 4.57 Å². The van der Waals surface area contributed by atoms with Gasteiger partial charge in [-0.2, -0.15) is 5.10 Å². The van der Waals surface area contributed by atoms with Crippen molar-refractivity contribution in [3.8, 4) is 11.3 Å². The molecule has 5 rings (SSSR count). The van der Waals surface area contributed by atoms with E-state index in [1.54, 1.807) is 6.07 Å². The molecular formula is C18H12Cl2N4. The van der Waals surface area contributed by atoms with Gasteiger partial charge in [-0.15, -0.1) is 0 Å². The molecule has 118 valence electrons. The van der Waals surface area contributed by atoms with Gasteiger partial charge in [0.1, 0.15) is 6.34 Å². The van der Waals surface area contributed by atoms with Crippen molar-refractivity contribution in [3.05, 3.63) is 58.3 Å². The van der Waals surface area contributed by atoms with Crippen LogP contribution in [-0.4, -0.2) is 23.0 Å². The van der Waals surface area contributed by atoms with Crippen LogP contribution in [0.3, 0.4) is 0 Å². The maximum absolute atomic E-state index is 6.43. The molecule has 4 nitrogen and oxygen atoms in total. The van der Waals surface area contributed by atoms with E-state index in [2.05, 4.69) is 39.0 Å². The van der Waals surface area contributed by atoms with E-state index in [1.807, 2.05) is 36.6 Å². The van der Waals surface area contributed by atoms with Gasteiger partial charge in [0.15, 0.2) is 5.82 Å². The Hall–Kier alpha value is -2.43. The second kappa shape index (κ2) is 4.79. The number of halogens is 2. The van der Waals surface area contributed by atoms with E-state index in [0.29, 0.717) is 10.0 Å². The minimum atomic E-state index is 0.622. The topological polar surface area (TPSA) is 23.8 Å². The Morgan fingerprint density at radius 3 is 2.75 bits per heavy atom. The molecule has 1 aromatic heterocycles. The van der Waals surface area contributed by atoms with Crippen molar-refractivity contribution >= 4 is 52.3 Å². The Bertz CT molecular complexity index is 1060. The fraction of sp³-hybridized carbons (Fsp3) is 0.0556. The molecule has 2 aliphatic heterocycles. The van der Waals surface area contributed by atoms with E-state index in [4.69, 9.17) is 23.2 Å². The summed E-state index contributed by atoms with van der Waals surface area (Å²) in [5, 5.41) is 8.51. The van der Waals surface area contributed by atoms with Crippen LogP contribution in [0.4, 0.5) is 5.69 Å². The minimum absolute atomic E-state index is 0.622. The summed E-state index contributed by atoms with van der Waals surface area (Å²) in [6.07, 6.45) is 3.90. The zero-order valence-corrected chi connectivity index (χ0v) is 14.3. The third-order valence-corrected chi connectivity index (χ3v) is 5.01. The Morgan fingerprint density at radius 1 is 1.04 bits per heavy atom. The predicted molar refractivity (Wildman–Crippen MR) is 100 cm³/mol. The average molecular weight is 355 g/mol. The maximum atomic E-state index is 6.43. The first-order chi connectivity index (χ1) is 11.6. The van der Waals surface area contributed by atoms with Crippen molar-refractivity contribution in [1.29, 1.82) is 0 Å². The van der Waals surface area contributed by atoms with E-state index in [0.717, 1.165) is 33.7 Å². The summed E-state index contributed by atoms with van der Waals surface area (Å²) in [6.45, 7) is 0. The second-order valence-corrected chi connectivity index (χ2v) is 6.69. The third-order valence-electron chi connectivity index (χ3n) is 4.48. The first-order valence-corrected chi connectivity index (χ1v) is 8.27. The number of hydrazone groups is 1. The summed E-state index contributed by atoms with van der Waals surface area (Å²) in [5.74, 6) is 0.967. The molecule has 0 aliphatic carbocycles. The molecular weight excluding hydrogens is 343 g/mol. The van der Waals surface area contributed by atoms with Crippen molar-refractivity contribution in [2.24, 2.45) is 5.10 Å². The fourth-order valence-electron chi connectivity index (χ4n) is 3.35. The number of hydrogen-bond acceptors (Lipinski definition) is 3. The van der Waals surface area contributed by atoms with Crippen LogP contribution < -0.4 is 4.90 Å². The van der Waals surface area contributed by atoms with Gasteiger partial charge in [-0.3, -0.25) is 4.90 Å². The van der Waals surface area contributed by atoms with Crippen molar-refractivity contribution in [3.63, 3.8) is 0 Å². The largest absolute Gasteiger partial charge is 0.312 e. The molecule has 24 heavy (non-hydrogen) atoms. The van der Waals surface area contributed by atoms with Crippen LogP contribution in [0.5, 0.6) is 0 Å². The van der Waals surface area contributed by atoms with E-state index in [9.17, 15) is 0 Å². The van der Waals surface area contributed by atoms with Crippen LogP contribution in [0.25, 0.3) is 28.4 Å².